The van der Waals surface area contributed by atoms with Crippen LogP contribution in [-0.4, -0.2) is 0 Å². The van der Waals surface area contributed by atoms with Crippen molar-refractivity contribution in [3.63, 3.8) is 0 Å². The highest BCUT2D eigenvalue weighted by Crippen LogP contribution is 2.37. The maximum Gasteiger partial charge on any atom is -0.00633 e. The molecular weight excluding hydrogens is 216 g/mol. The van der Waals surface area contributed by atoms with E-state index in [0.717, 1.165) is 6.42 Å². The summed E-state index contributed by atoms with van der Waals surface area (Å²) in [5, 5.41) is 0. The summed E-state index contributed by atoms with van der Waals surface area (Å²) in [5.74, 6) is 0. The van der Waals surface area contributed by atoms with Gasteiger partial charge in [-0.1, -0.05) is 54.0 Å². The van der Waals surface area contributed by atoms with E-state index in [-0.39, 0.29) is 5.41 Å². The zero-order valence-corrected chi connectivity index (χ0v) is 12.3. The minimum Gasteiger partial charge on any atom is -0.0750 e. The number of aryl methyl sites for hydroxylation is 2. The predicted octanol–water partition coefficient (Wildman–Crippen LogP) is 5.15. The third-order valence-corrected chi connectivity index (χ3v) is 3.83. The molecule has 0 fully saturated rings. The van der Waals surface area contributed by atoms with E-state index in [0.29, 0.717) is 0 Å². The Kier molecular flexibility index (Phi) is 3.47. The molecule has 0 nitrogen and oxygen atoms in total. The second kappa shape index (κ2) is 4.76. The summed E-state index contributed by atoms with van der Waals surface area (Å²) in [5.41, 5.74) is 7.46. The van der Waals surface area contributed by atoms with Crippen molar-refractivity contribution in [2.24, 2.45) is 5.41 Å². The van der Waals surface area contributed by atoms with Crippen LogP contribution in [0.3, 0.4) is 0 Å². The molecule has 96 valence electrons. The van der Waals surface area contributed by atoms with Gasteiger partial charge < -0.3 is 0 Å². The lowest BCUT2D eigenvalue weighted by Gasteiger charge is -2.31. The fraction of sp³-hybridized carbons (Fsp3) is 0.444. The van der Waals surface area contributed by atoms with Gasteiger partial charge >= 0.3 is 0 Å². The Morgan fingerprint density at radius 2 is 1.83 bits per heavy atom. The second-order valence-corrected chi connectivity index (χ2v) is 6.32. The highest BCUT2D eigenvalue weighted by atomic mass is 14.3. The van der Waals surface area contributed by atoms with Crippen LogP contribution in [0.4, 0.5) is 0 Å². The Balaban J connectivity index is 2.26. The molecule has 1 aliphatic carbocycles. The van der Waals surface area contributed by atoms with Crippen LogP contribution in [0.2, 0.25) is 0 Å². The Morgan fingerprint density at radius 3 is 2.44 bits per heavy atom. The van der Waals surface area contributed by atoms with Crippen LogP contribution >= 0.6 is 0 Å². The molecular formula is C18H24. The Morgan fingerprint density at radius 1 is 1.11 bits per heavy atom. The molecule has 2 rings (SSSR count). The van der Waals surface area contributed by atoms with Crippen LogP contribution < -0.4 is 0 Å². The lowest BCUT2D eigenvalue weighted by molar-refractivity contribution is 0.411. The topological polar surface area (TPSA) is 0 Å². The summed E-state index contributed by atoms with van der Waals surface area (Å²) in [6.07, 6.45) is 7.07. The molecule has 0 spiro atoms. The van der Waals surface area contributed by atoms with Gasteiger partial charge in [-0.2, -0.15) is 0 Å². The summed E-state index contributed by atoms with van der Waals surface area (Å²) in [6.45, 7) is 11.2. The lowest BCUT2D eigenvalue weighted by Crippen LogP contribution is -2.20. The smallest absolute Gasteiger partial charge is 0.00633 e. The average molecular weight is 240 g/mol. The zero-order chi connectivity index (χ0) is 13.3. The van der Waals surface area contributed by atoms with Crippen molar-refractivity contribution in [2.75, 3.05) is 0 Å². The molecule has 0 aliphatic heterocycles. The van der Waals surface area contributed by atoms with E-state index >= 15 is 0 Å². The summed E-state index contributed by atoms with van der Waals surface area (Å²) in [7, 11) is 0. The van der Waals surface area contributed by atoms with Crippen LogP contribution in [-0.2, 0) is 6.42 Å². The van der Waals surface area contributed by atoms with Gasteiger partial charge in [0.25, 0.3) is 0 Å². The molecule has 0 amide bonds. The van der Waals surface area contributed by atoms with Crippen molar-refractivity contribution in [1.29, 1.82) is 0 Å². The molecule has 0 heteroatoms. The SMILES string of the molecule is CC1=CC(C)(Cc2ccc(C)cc2C)CC(C)=C1. The van der Waals surface area contributed by atoms with Crippen molar-refractivity contribution in [2.45, 2.75) is 47.5 Å². The monoisotopic (exact) mass is 240 g/mol. The van der Waals surface area contributed by atoms with E-state index < -0.39 is 0 Å². The molecule has 0 radical (unpaired) electrons. The van der Waals surface area contributed by atoms with Gasteiger partial charge in [-0.25, -0.2) is 0 Å². The van der Waals surface area contributed by atoms with Gasteiger partial charge in [0.15, 0.2) is 0 Å². The van der Waals surface area contributed by atoms with Gasteiger partial charge in [0.1, 0.15) is 0 Å². The Labute approximate surface area is 111 Å². The zero-order valence-electron chi connectivity index (χ0n) is 12.3. The highest BCUT2D eigenvalue weighted by molar-refractivity contribution is 5.35. The van der Waals surface area contributed by atoms with Crippen LogP contribution in [0.25, 0.3) is 0 Å². The number of allylic oxidation sites excluding steroid dienone is 4. The van der Waals surface area contributed by atoms with Gasteiger partial charge in [0.05, 0.1) is 0 Å². The van der Waals surface area contributed by atoms with E-state index in [1.165, 1.54) is 34.3 Å². The van der Waals surface area contributed by atoms with E-state index in [9.17, 15) is 0 Å². The fourth-order valence-electron chi connectivity index (χ4n) is 3.31. The molecule has 0 bridgehead atoms. The summed E-state index contributed by atoms with van der Waals surface area (Å²) in [4.78, 5) is 0. The molecule has 1 aromatic carbocycles. The third-order valence-electron chi connectivity index (χ3n) is 3.83. The molecule has 0 heterocycles. The average Bonchev–Trinajstić information content (AvgIpc) is 2.20. The predicted molar refractivity (Wildman–Crippen MR) is 79.9 cm³/mol. The summed E-state index contributed by atoms with van der Waals surface area (Å²) < 4.78 is 0. The normalized spacial score (nSPS) is 23.6. The first-order valence-corrected chi connectivity index (χ1v) is 6.81. The number of hydrogen-bond acceptors (Lipinski definition) is 0. The van der Waals surface area contributed by atoms with Gasteiger partial charge in [0, 0.05) is 0 Å². The standard InChI is InChI=1S/C18H24/c1-13-6-7-17(16(4)9-13)12-18(5)10-14(2)8-15(3)11-18/h6-10H,11-12H2,1-5H3. The third kappa shape index (κ3) is 2.93. The molecule has 0 aromatic heterocycles. The Hall–Kier alpha value is -1.30. The van der Waals surface area contributed by atoms with Crippen LogP contribution in [0, 0.1) is 19.3 Å². The molecule has 1 atom stereocenters. The molecule has 1 aromatic rings. The quantitative estimate of drug-likeness (QED) is 0.670. The maximum atomic E-state index is 2.44. The minimum atomic E-state index is 0.281. The highest BCUT2D eigenvalue weighted by Gasteiger charge is 2.25. The van der Waals surface area contributed by atoms with E-state index in [4.69, 9.17) is 0 Å². The number of hydrogen-bond donors (Lipinski definition) is 0. The van der Waals surface area contributed by atoms with Crippen molar-refractivity contribution >= 4 is 0 Å². The van der Waals surface area contributed by atoms with Crippen molar-refractivity contribution < 1.29 is 0 Å². The van der Waals surface area contributed by atoms with Crippen molar-refractivity contribution in [3.8, 4) is 0 Å². The summed E-state index contributed by atoms with van der Waals surface area (Å²) >= 11 is 0. The first-order chi connectivity index (χ1) is 8.38. The van der Waals surface area contributed by atoms with Crippen LogP contribution in [0.1, 0.15) is 43.9 Å². The number of rotatable bonds is 2. The van der Waals surface area contributed by atoms with Crippen LogP contribution in [0.5, 0.6) is 0 Å². The van der Waals surface area contributed by atoms with Crippen molar-refractivity contribution in [3.05, 3.63) is 58.2 Å². The van der Waals surface area contributed by atoms with Gasteiger partial charge in [-0.3, -0.25) is 0 Å². The van der Waals surface area contributed by atoms with Gasteiger partial charge in [-0.15, -0.1) is 0 Å². The molecule has 0 saturated carbocycles. The fourth-order valence-corrected chi connectivity index (χ4v) is 3.31. The maximum absolute atomic E-state index is 2.44. The van der Waals surface area contributed by atoms with E-state index in [1.807, 2.05) is 0 Å². The molecule has 1 aliphatic rings. The second-order valence-electron chi connectivity index (χ2n) is 6.32. The minimum absolute atomic E-state index is 0.281. The molecule has 1 unspecified atom stereocenters. The summed E-state index contributed by atoms with van der Waals surface area (Å²) in [6, 6.07) is 6.82. The molecule has 0 saturated heterocycles. The largest absolute Gasteiger partial charge is 0.0750 e. The number of benzene rings is 1. The van der Waals surface area contributed by atoms with E-state index in [2.05, 4.69) is 65.0 Å². The lowest BCUT2D eigenvalue weighted by atomic mass is 9.74. The van der Waals surface area contributed by atoms with Gasteiger partial charge in [0.2, 0.25) is 0 Å². The van der Waals surface area contributed by atoms with Crippen LogP contribution in [0.15, 0.2) is 41.5 Å². The molecule has 18 heavy (non-hydrogen) atoms. The first kappa shape index (κ1) is 13.1. The van der Waals surface area contributed by atoms with E-state index in [1.54, 1.807) is 0 Å². The Bertz CT molecular complexity index is 517. The molecule has 0 N–H and O–H groups in total. The van der Waals surface area contributed by atoms with Crippen molar-refractivity contribution in [1.82, 2.24) is 0 Å². The first-order valence-electron chi connectivity index (χ1n) is 6.81. The van der Waals surface area contributed by atoms with Gasteiger partial charge in [-0.05, 0) is 57.1 Å².